The van der Waals surface area contributed by atoms with Crippen molar-refractivity contribution in [3.05, 3.63) is 83.2 Å². The molecule has 1 aliphatic rings. The SMILES string of the molecule is CCCCCC1CCC(c2ccc(COc3ccc(-c4ccc(OC)c(F)c4)cc3)c(F)c2F)CC1. The summed E-state index contributed by atoms with van der Waals surface area (Å²) < 4.78 is 54.5. The van der Waals surface area contributed by atoms with E-state index in [0.29, 0.717) is 16.9 Å². The van der Waals surface area contributed by atoms with Crippen molar-refractivity contribution < 1.29 is 22.6 Å². The first-order valence-corrected chi connectivity index (χ1v) is 13.0. The minimum absolute atomic E-state index is 0.0658. The molecule has 2 nitrogen and oxygen atoms in total. The zero-order valence-corrected chi connectivity index (χ0v) is 21.2. The van der Waals surface area contributed by atoms with Crippen LogP contribution >= 0.6 is 0 Å². The Balaban J connectivity index is 1.35. The van der Waals surface area contributed by atoms with Crippen LogP contribution < -0.4 is 9.47 Å². The molecule has 0 saturated heterocycles. The van der Waals surface area contributed by atoms with Gasteiger partial charge in [0.15, 0.2) is 23.2 Å². The Bertz CT molecular complexity index is 1140. The molecule has 0 unspecified atom stereocenters. The number of benzene rings is 3. The van der Waals surface area contributed by atoms with Gasteiger partial charge in [0, 0.05) is 5.56 Å². The highest BCUT2D eigenvalue weighted by molar-refractivity contribution is 5.65. The Morgan fingerprint density at radius 2 is 1.53 bits per heavy atom. The fourth-order valence-electron chi connectivity index (χ4n) is 5.23. The minimum atomic E-state index is -0.817. The normalized spacial score (nSPS) is 17.7. The summed E-state index contributed by atoms with van der Waals surface area (Å²) in [6.07, 6.45) is 9.07. The third-order valence-corrected chi connectivity index (χ3v) is 7.43. The average molecular weight is 497 g/mol. The van der Waals surface area contributed by atoms with Gasteiger partial charge in [-0.25, -0.2) is 13.2 Å². The van der Waals surface area contributed by atoms with Crippen molar-refractivity contribution in [2.75, 3.05) is 7.11 Å². The Morgan fingerprint density at radius 1 is 0.806 bits per heavy atom. The molecule has 0 amide bonds. The molecule has 3 aromatic carbocycles. The summed E-state index contributed by atoms with van der Waals surface area (Å²) >= 11 is 0. The smallest absolute Gasteiger partial charge is 0.165 e. The lowest BCUT2D eigenvalue weighted by atomic mass is 9.76. The Kier molecular flexibility index (Phi) is 8.95. The van der Waals surface area contributed by atoms with Gasteiger partial charge >= 0.3 is 0 Å². The van der Waals surface area contributed by atoms with E-state index in [-0.39, 0.29) is 23.8 Å². The zero-order chi connectivity index (χ0) is 25.5. The van der Waals surface area contributed by atoms with Crippen LogP contribution in [0.1, 0.15) is 75.3 Å². The number of methoxy groups -OCH3 is 1. The molecule has 0 N–H and O–H groups in total. The number of halogens is 3. The summed E-state index contributed by atoms with van der Waals surface area (Å²) in [5, 5.41) is 0. The lowest BCUT2D eigenvalue weighted by molar-refractivity contribution is 0.290. The predicted octanol–water partition coefficient (Wildman–Crippen LogP) is 9.21. The van der Waals surface area contributed by atoms with Crippen molar-refractivity contribution in [3.8, 4) is 22.6 Å². The standard InChI is InChI=1S/C31H35F3O2/c1-3-4-5-6-21-7-9-23(10-8-21)27-17-13-25(30(33)31(27)34)20-36-26-15-11-22(12-16-26)24-14-18-29(35-2)28(32)19-24/h11-19,21,23H,3-10,20H2,1-2H3. The molecule has 1 fully saturated rings. The highest BCUT2D eigenvalue weighted by Crippen LogP contribution is 2.39. The minimum Gasteiger partial charge on any atom is -0.494 e. The molecule has 3 aromatic rings. The number of ether oxygens (including phenoxy) is 2. The van der Waals surface area contributed by atoms with E-state index in [2.05, 4.69) is 6.92 Å². The van der Waals surface area contributed by atoms with Gasteiger partial charge in [0.05, 0.1) is 7.11 Å². The van der Waals surface area contributed by atoms with Crippen LogP contribution in [0.3, 0.4) is 0 Å². The van der Waals surface area contributed by atoms with Gasteiger partial charge < -0.3 is 9.47 Å². The summed E-state index contributed by atoms with van der Waals surface area (Å²) in [6, 6.07) is 15.2. The molecule has 5 heteroatoms. The maximum atomic E-state index is 15.0. The van der Waals surface area contributed by atoms with E-state index in [1.165, 1.54) is 38.9 Å². The van der Waals surface area contributed by atoms with Gasteiger partial charge in [0.1, 0.15) is 12.4 Å². The molecule has 0 heterocycles. The van der Waals surface area contributed by atoms with Crippen molar-refractivity contribution in [2.45, 2.75) is 70.8 Å². The first-order chi connectivity index (χ1) is 17.5. The second kappa shape index (κ2) is 12.3. The van der Waals surface area contributed by atoms with Gasteiger partial charge in [-0.2, -0.15) is 0 Å². The lowest BCUT2D eigenvalue weighted by Gasteiger charge is -2.29. The second-order valence-electron chi connectivity index (χ2n) is 9.82. The van der Waals surface area contributed by atoms with Crippen molar-refractivity contribution in [3.63, 3.8) is 0 Å². The molecule has 36 heavy (non-hydrogen) atoms. The van der Waals surface area contributed by atoms with E-state index in [1.54, 1.807) is 48.5 Å². The summed E-state index contributed by atoms with van der Waals surface area (Å²) in [6.45, 7) is 2.15. The monoisotopic (exact) mass is 496 g/mol. The van der Waals surface area contributed by atoms with Crippen LogP contribution in [-0.4, -0.2) is 7.11 Å². The average Bonchev–Trinajstić information content (AvgIpc) is 2.90. The number of rotatable bonds is 10. The number of hydrogen-bond acceptors (Lipinski definition) is 2. The summed E-state index contributed by atoms with van der Waals surface area (Å²) in [5.74, 6) is -0.454. The molecule has 192 valence electrons. The summed E-state index contributed by atoms with van der Waals surface area (Å²) in [4.78, 5) is 0. The van der Waals surface area contributed by atoms with Crippen LogP contribution in [0.25, 0.3) is 11.1 Å². The summed E-state index contributed by atoms with van der Waals surface area (Å²) in [7, 11) is 1.42. The van der Waals surface area contributed by atoms with E-state index in [0.717, 1.165) is 37.2 Å². The molecule has 0 radical (unpaired) electrons. The van der Waals surface area contributed by atoms with Crippen LogP contribution in [0, 0.1) is 23.4 Å². The quantitative estimate of drug-likeness (QED) is 0.261. The van der Waals surface area contributed by atoms with Gasteiger partial charge in [-0.1, -0.05) is 62.9 Å². The van der Waals surface area contributed by atoms with Crippen LogP contribution in [0.4, 0.5) is 13.2 Å². The molecule has 0 spiro atoms. The highest BCUT2D eigenvalue weighted by atomic mass is 19.2. The van der Waals surface area contributed by atoms with Gasteiger partial charge in [-0.3, -0.25) is 0 Å². The Labute approximate surface area is 212 Å². The zero-order valence-electron chi connectivity index (χ0n) is 21.2. The topological polar surface area (TPSA) is 18.5 Å². The number of hydrogen-bond donors (Lipinski definition) is 0. The third-order valence-electron chi connectivity index (χ3n) is 7.43. The fraction of sp³-hybridized carbons (Fsp3) is 0.419. The summed E-state index contributed by atoms with van der Waals surface area (Å²) in [5.41, 5.74) is 2.22. The molecule has 0 aromatic heterocycles. The largest absolute Gasteiger partial charge is 0.494 e. The van der Waals surface area contributed by atoms with Crippen LogP contribution in [0.15, 0.2) is 54.6 Å². The van der Waals surface area contributed by atoms with Crippen molar-refractivity contribution in [1.82, 2.24) is 0 Å². The Morgan fingerprint density at radius 3 is 2.19 bits per heavy atom. The van der Waals surface area contributed by atoms with E-state index in [4.69, 9.17) is 9.47 Å². The van der Waals surface area contributed by atoms with E-state index in [1.807, 2.05) is 0 Å². The Hall–Kier alpha value is -2.95. The third kappa shape index (κ3) is 6.24. The molecular formula is C31H35F3O2. The maximum absolute atomic E-state index is 15.0. The molecule has 4 rings (SSSR count). The second-order valence-corrected chi connectivity index (χ2v) is 9.82. The molecule has 0 aliphatic heterocycles. The van der Waals surface area contributed by atoms with Crippen LogP contribution in [-0.2, 0) is 6.61 Å². The first kappa shape index (κ1) is 26.1. The van der Waals surface area contributed by atoms with Gasteiger partial charge in [-0.15, -0.1) is 0 Å². The molecular weight excluding hydrogens is 461 g/mol. The highest BCUT2D eigenvalue weighted by Gasteiger charge is 2.26. The maximum Gasteiger partial charge on any atom is 0.165 e. The van der Waals surface area contributed by atoms with Crippen molar-refractivity contribution in [1.29, 1.82) is 0 Å². The molecule has 1 aliphatic carbocycles. The molecule has 0 bridgehead atoms. The van der Waals surface area contributed by atoms with Gasteiger partial charge in [-0.05, 0) is 78.5 Å². The molecule has 0 atom stereocenters. The first-order valence-electron chi connectivity index (χ1n) is 13.0. The van der Waals surface area contributed by atoms with Gasteiger partial charge in [0.2, 0.25) is 0 Å². The lowest BCUT2D eigenvalue weighted by Crippen LogP contribution is -2.15. The van der Waals surface area contributed by atoms with Crippen LogP contribution in [0.2, 0.25) is 0 Å². The fourth-order valence-corrected chi connectivity index (χ4v) is 5.23. The van der Waals surface area contributed by atoms with E-state index >= 15 is 0 Å². The van der Waals surface area contributed by atoms with Crippen molar-refractivity contribution in [2.24, 2.45) is 5.92 Å². The van der Waals surface area contributed by atoms with E-state index < -0.39 is 17.5 Å². The van der Waals surface area contributed by atoms with Crippen LogP contribution in [0.5, 0.6) is 11.5 Å². The van der Waals surface area contributed by atoms with E-state index in [9.17, 15) is 13.2 Å². The number of unbranched alkanes of at least 4 members (excludes halogenated alkanes) is 2. The van der Waals surface area contributed by atoms with Crippen molar-refractivity contribution >= 4 is 0 Å². The predicted molar refractivity (Wildman–Crippen MR) is 138 cm³/mol. The molecule has 1 saturated carbocycles. The van der Waals surface area contributed by atoms with Gasteiger partial charge in [0.25, 0.3) is 0 Å².